The number of carbonyl (C=O) groups is 1. The number of likely N-dealkylation sites (N-methyl/N-ethyl adjacent to an activating group) is 1. The summed E-state index contributed by atoms with van der Waals surface area (Å²) in [6.45, 7) is 2.07. The van der Waals surface area contributed by atoms with Gasteiger partial charge in [0.05, 0.1) is 11.9 Å². The van der Waals surface area contributed by atoms with E-state index in [0.29, 0.717) is 12.0 Å². The van der Waals surface area contributed by atoms with Crippen LogP contribution < -0.4 is 9.80 Å². The van der Waals surface area contributed by atoms with E-state index in [2.05, 4.69) is 26.8 Å². The monoisotopic (exact) mass is 403 g/mol. The molecule has 1 aliphatic carbocycles. The van der Waals surface area contributed by atoms with Gasteiger partial charge in [0.2, 0.25) is 11.9 Å². The van der Waals surface area contributed by atoms with Crippen LogP contribution in [0.15, 0.2) is 43.2 Å². The number of anilines is 2. The molecule has 0 aromatic carbocycles. The first kappa shape index (κ1) is 18.7. The highest BCUT2D eigenvalue weighted by molar-refractivity contribution is 6.04. The number of pyridine rings is 1. The summed E-state index contributed by atoms with van der Waals surface area (Å²) in [4.78, 5) is 35.1. The Balaban J connectivity index is 1.57. The first-order valence-corrected chi connectivity index (χ1v) is 10.5. The number of carbonyl (C=O) groups excluding carboxylic acids is 1. The highest BCUT2D eigenvalue weighted by Gasteiger charge is 2.41. The number of hydrogen-bond donors (Lipinski definition) is 0. The van der Waals surface area contributed by atoms with Crippen molar-refractivity contribution in [2.45, 2.75) is 51.1 Å². The van der Waals surface area contributed by atoms with E-state index in [-0.39, 0.29) is 11.9 Å². The Bertz CT molecular complexity index is 1060. The van der Waals surface area contributed by atoms with Crippen LogP contribution in [0.3, 0.4) is 0 Å². The van der Waals surface area contributed by atoms with Crippen molar-refractivity contribution in [1.29, 1.82) is 0 Å². The number of fused-ring (bicyclic) bond motifs is 1. The van der Waals surface area contributed by atoms with Gasteiger partial charge in [0.1, 0.15) is 18.1 Å². The minimum atomic E-state index is -0.179. The van der Waals surface area contributed by atoms with Crippen LogP contribution in [0.2, 0.25) is 0 Å². The molecule has 1 fully saturated rings. The maximum Gasteiger partial charge on any atom is 0.249 e. The molecule has 0 spiro atoms. The molecule has 5 rings (SSSR count). The largest absolute Gasteiger partial charge is 0.340 e. The molecule has 4 heterocycles. The van der Waals surface area contributed by atoms with E-state index in [1.54, 1.807) is 29.8 Å². The van der Waals surface area contributed by atoms with Crippen molar-refractivity contribution in [2.75, 3.05) is 16.8 Å². The summed E-state index contributed by atoms with van der Waals surface area (Å²) in [5.41, 5.74) is 2.53. The fourth-order valence-corrected chi connectivity index (χ4v) is 4.59. The van der Waals surface area contributed by atoms with Crippen LogP contribution in [0.4, 0.5) is 11.5 Å². The lowest BCUT2D eigenvalue weighted by Gasteiger charge is -2.43. The van der Waals surface area contributed by atoms with Gasteiger partial charge in [0.25, 0.3) is 0 Å². The average molecular weight is 403 g/mol. The molecule has 0 bridgehead atoms. The molecule has 30 heavy (non-hydrogen) atoms. The Morgan fingerprint density at radius 2 is 2.00 bits per heavy atom. The lowest BCUT2D eigenvalue weighted by Crippen LogP contribution is -2.55. The summed E-state index contributed by atoms with van der Waals surface area (Å²) in [6, 6.07) is 4.03. The molecular weight excluding hydrogens is 378 g/mol. The Kier molecular flexibility index (Phi) is 4.69. The highest BCUT2D eigenvalue weighted by atomic mass is 16.2. The first-order valence-electron chi connectivity index (χ1n) is 10.5. The fourth-order valence-electron chi connectivity index (χ4n) is 4.59. The molecular formula is C22H25N7O. The zero-order chi connectivity index (χ0) is 20.7. The van der Waals surface area contributed by atoms with E-state index in [4.69, 9.17) is 4.98 Å². The molecule has 1 aliphatic heterocycles. The third-order valence-electron chi connectivity index (χ3n) is 6.17. The zero-order valence-corrected chi connectivity index (χ0v) is 17.3. The van der Waals surface area contributed by atoms with E-state index < -0.39 is 0 Å². The van der Waals surface area contributed by atoms with Gasteiger partial charge < -0.3 is 9.80 Å². The van der Waals surface area contributed by atoms with E-state index in [9.17, 15) is 4.79 Å². The van der Waals surface area contributed by atoms with E-state index in [0.717, 1.165) is 42.0 Å². The van der Waals surface area contributed by atoms with Crippen LogP contribution in [-0.4, -0.2) is 49.5 Å². The summed E-state index contributed by atoms with van der Waals surface area (Å²) in [5, 5.41) is 0. The van der Waals surface area contributed by atoms with Crippen LogP contribution in [0, 0.1) is 0 Å². The summed E-state index contributed by atoms with van der Waals surface area (Å²) in [6.07, 6.45) is 14.3. The molecule has 8 nitrogen and oxygen atoms in total. The predicted molar refractivity (Wildman–Crippen MR) is 115 cm³/mol. The molecule has 0 N–H and O–H groups in total. The summed E-state index contributed by atoms with van der Waals surface area (Å²) < 4.78 is 1.83. The topological polar surface area (TPSA) is 80.0 Å². The zero-order valence-electron chi connectivity index (χ0n) is 17.3. The van der Waals surface area contributed by atoms with Crippen LogP contribution in [0.5, 0.6) is 0 Å². The molecule has 8 heteroatoms. The van der Waals surface area contributed by atoms with Gasteiger partial charge in [-0.15, -0.1) is 0 Å². The fraction of sp³-hybridized carbons (Fsp3) is 0.409. The van der Waals surface area contributed by atoms with Crippen molar-refractivity contribution in [2.24, 2.45) is 0 Å². The van der Waals surface area contributed by atoms with E-state index >= 15 is 0 Å². The van der Waals surface area contributed by atoms with Crippen molar-refractivity contribution < 1.29 is 4.79 Å². The van der Waals surface area contributed by atoms with Crippen molar-refractivity contribution >= 4 is 17.4 Å². The minimum Gasteiger partial charge on any atom is -0.340 e. The number of aromatic nitrogens is 5. The van der Waals surface area contributed by atoms with Crippen LogP contribution in [0.1, 0.15) is 39.0 Å². The lowest BCUT2D eigenvalue weighted by molar-refractivity contribution is -0.120. The molecule has 3 aromatic heterocycles. The summed E-state index contributed by atoms with van der Waals surface area (Å²) in [7, 11) is 1.82. The summed E-state index contributed by atoms with van der Waals surface area (Å²) in [5.74, 6) is 1.52. The van der Waals surface area contributed by atoms with Gasteiger partial charge in [-0.3, -0.25) is 14.3 Å². The van der Waals surface area contributed by atoms with Gasteiger partial charge in [-0.25, -0.2) is 9.97 Å². The molecule has 1 amide bonds. The molecule has 1 atom stereocenters. The van der Waals surface area contributed by atoms with Crippen molar-refractivity contribution in [3.63, 3.8) is 0 Å². The quantitative estimate of drug-likeness (QED) is 0.665. The normalized spacial score (nSPS) is 19.4. The van der Waals surface area contributed by atoms with Gasteiger partial charge in [-0.1, -0.05) is 19.8 Å². The smallest absolute Gasteiger partial charge is 0.249 e. The van der Waals surface area contributed by atoms with Gasteiger partial charge in [-0.2, -0.15) is 4.98 Å². The molecule has 154 valence electrons. The van der Waals surface area contributed by atoms with Crippen LogP contribution in [0.25, 0.3) is 17.2 Å². The Labute approximate surface area is 175 Å². The maximum absolute atomic E-state index is 13.0. The third kappa shape index (κ3) is 3.03. The van der Waals surface area contributed by atoms with Crippen molar-refractivity contribution in [3.8, 4) is 17.2 Å². The van der Waals surface area contributed by atoms with Gasteiger partial charge in [-0.05, 0) is 31.4 Å². The van der Waals surface area contributed by atoms with Gasteiger partial charge in [0, 0.05) is 37.2 Å². The number of rotatable bonds is 4. The van der Waals surface area contributed by atoms with Crippen molar-refractivity contribution in [1.82, 2.24) is 24.5 Å². The minimum absolute atomic E-state index is 0.120. The Hall–Kier alpha value is -3.29. The highest BCUT2D eigenvalue weighted by Crippen LogP contribution is 2.39. The molecule has 3 aromatic rings. The predicted octanol–water partition coefficient (Wildman–Crippen LogP) is 3.23. The lowest BCUT2D eigenvalue weighted by atomic mass is 10.0. The standard InChI is InChI=1S/C22H25N7O/c1-3-18-21(30)27(2)19-12-24-22(26-20(19)29(18)16-8-4-5-9-16)28-13-17(25-14-28)15-7-6-10-23-11-15/h6-7,10-14,16,18H,3-5,8-9H2,1-2H3/t18-/m1/s1. The maximum atomic E-state index is 13.0. The second kappa shape index (κ2) is 7.51. The summed E-state index contributed by atoms with van der Waals surface area (Å²) >= 11 is 0. The third-order valence-corrected chi connectivity index (χ3v) is 6.17. The number of amides is 1. The van der Waals surface area contributed by atoms with E-state index in [1.165, 1.54) is 12.8 Å². The average Bonchev–Trinajstić information content (AvgIpc) is 3.49. The molecule has 1 saturated carbocycles. The van der Waals surface area contributed by atoms with Crippen LogP contribution >= 0.6 is 0 Å². The van der Waals surface area contributed by atoms with Gasteiger partial charge >= 0.3 is 0 Å². The molecule has 0 unspecified atom stereocenters. The van der Waals surface area contributed by atoms with Gasteiger partial charge in [0.15, 0.2) is 5.82 Å². The number of hydrogen-bond acceptors (Lipinski definition) is 6. The number of nitrogens with zero attached hydrogens (tertiary/aromatic N) is 7. The van der Waals surface area contributed by atoms with Crippen LogP contribution in [-0.2, 0) is 4.79 Å². The van der Waals surface area contributed by atoms with Crippen molar-refractivity contribution in [3.05, 3.63) is 43.2 Å². The second-order valence-electron chi connectivity index (χ2n) is 7.95. The first-order chi connectivity index (χ1) is 14.7. The Morgan fingerprint density at radius 1 is 1.17 bits per heavy atom. The Morgan fingerprint density at radius 3 is 2.73 bits per heavy atom. The van der Waals surface area contributed by atoms with E-state index in [1.807, 2.05) is 29.9 Å². The SMILES string of the molecule is CC[C@@H]1C(=O)N(C)c2cnc(-n3cnc(-c4cccnc4)c3)nc2N1C1CCCC1. The molecule has 0 radical (unpaired) electrons. The molecule has 2 aliphatic rings. The molecule has 0 saturated heterocycles. The second-order valence-corrected chi connectivity index (χ2v) is 7.95. The number of imidazole rings is 1.